The molecule has 1 atom stereocenters. The zero-order valence-corrected chi connectivity index (χ0v) is 11.6. The van der Waals surface area contributed by atoms with Gasteiger partial charge >= 0.3 is 0 Å². The van der Waals surface area contributed by atoms with Gasteiger partial charge < -0.3 is 5.73 Å². The van der Waals surface area contributed by atoms with Gasteiger partial charge in [-0.05, 0) is 30.0 Å². The molecule has 2 N–H and O–H groups in total. The Morgan fingerprint density at radius 2 is 2.12 bits per heavy atom. The van der Waals surface area contributed by atoms with Crippen LogP contribution >= 0.6 is 15.9 Å². The highest BCUT2D eigenvalue weighted by atomic mass is 79.9. The minimum Gasteiger partial charge on any atom is -0.321 e. The van der Waals surface area contributed by atoms with Crippen LogP contribution in [0.3, 0.4) is 0 Å². The van der Waals surface area contributed by atoms with Crippen molar-refractivity contribution in [3.8, 4) is 0 Å². The molecule has 0 heterocycles. The number of halogens is 2. The summed E-state index contributed by atoms with van der Waals surface area (Å²) in [6, 6.07) is 3.88. The molecule has 0 aliphatic carbocycles. The first-order valence-corrected chi connectivity index (χ1v) is 6.41. The number of nitrogens with two attached hydrogens (primary N) is 1. The third kappa shape index (κ3) is 4.56. The number of benzene rings is 1. The molecule has 0 spiro atoms. The molecule has 1 rings (SSSR count). The fourth-order valence-electron chi connectivity index (χ4n) is 1.62. The van der Waals surface area contributed by atoms with Crippen LogP contribution in [0.4, 0.5) is 4.39 Å². The van der Waals surface area contributed by atoms with E-state index in [1.807, 2.05) is 13.8 Å². The minimum atomic E-state index is -0.438. The van der Waals surface area contributed by atoms with Crippen molar-refractivity contribution in [1.29, 1.82) is 0 Å². The van der Waals surface area contributed by atoms with Gasteiger partial charge in [0.05, 0.1) is 6.04 Å². The molecule has 0 aliphatic rings. The Morgan fingerprint density at radius 1 is 1.47 bits per heavy atom. The van der Waals surface area contributed by atoms with Gasteiger partial charge in [0, 0.05) is 10.9 Å². The molecular formula is C13H17BrFNO. The summed E-state index contributed by atoms with van der Waals surface area (Å²) < 4.78 is 13.5. The summed E-state index contributed by atoms with van der Waals surface area (Å²) in [6.07, 6.45) is 0.923. The molecule has 0 amide bonds. The van der Waals surface area contributed by atoms with Crippen LogP contribution < -0.4 is 5.73 Å². The molecule has 1 aromatic rings. The van der Waals surface area contributed by atoms with Crippen molar-refractivity contribution in [3.05, 3.63) is 34.1 Å². The smallest absolute Gasteiger partial charge is 0.153 e. The molecule has 1 aromatic carbocycles. The predicted molar refractivity (Wildman–Crippen MR) is 70.2 cm³/mol. The Kier molecular flexibility index (Phi) is 5.28. The first-order valence-electron chi connectivity index (χ1n) is 5.62. The van der Waals surface area contributed by atoms with Crippen molar-refractivity contribution < 1.29 is 9.18 Å². The fraction of sp³-hybridized carbons (Fsp3) is 0.462. The number of carbonyl (C=O) groups is 1. The predicted octanol–water partition coefficient (Wildman–Crippen LogP) is 3.07. The number of carbonyl (C=O) groups excluding carboxylic acids is 1. The summed E-state index contributed by atoms with van der Waals surface area (Å²) in [5.74, 6) is 0.0659. The lowest BCUT2D eigenvalue weighted by atomic mass is 9.97. The number of hydrogen-bond donors (Lipinski definition) is 1. The van der Waals surface area contributed by atoms with Gasteiger partial charge in [0.25, 0.3) is 0 Å². The zero-order chi connectivity index (χ0) is 13.0. The highest BCUT2D eigenvalue weighted by Gasteiger charge is 2.16. The largest absolute Gasteiger partial charge is 0.321 e. The van der Waals surface area contributed by atoms with Crippen LogP contribution in [-0.2, 0) is 11.2 Å². The van der Waals surface area contributed by atoms with Crippen LogP contribution in [0.25, 0.3) is 0 Å². The number of rotatable bonds is 5. The Labute approximate surface area is 110 Å². The zero-order valence-electron chi connectivity index (χ0n) is 10.0. The molecule has 0 bridgehead atoms. The van der Waals surface area contributed by atoms with Crippen molar-refractivity contribution in [2.24, 2.45) is 11.7 Å². The lowest BCUT2D eigenvalue weighted by Gasteiger charge is -2.13. The van der Waals surface area contributed by atoms with Crippen LogP contribution in [0, 0.1) is 11.7 Å². The summed E-state index contributed by atoms with van der Waals surface area (Å²) >= 11 is 3.24. The molecule has 0 saturated heterocycles. The third-order valence-corrected chi connectivity index (χ3v) is 3.26. The summed E-state index contributed by atoms with van der Waals surface area (Å²) in [6.45, 7) is 4.06. The maximum atomic E-state index is 12.9. The van der Waals surface area contributed by atoms with E-state index < -0.39 is 6.04 Å². The SMILES string of the molecule is CC(C)CC(N)C(=O)Cc1ccc(F)cc1Br. The van der Waals surface area contributed by atoms with E-state index in [0.29, 0.717) is 16.8 Å². The first kappa shape index (κ1) is 14.3. The number of ketones is 1. The van der Waals surface area contributed by atoms with Gasteiger partial charge in [0.15, 0.2) is 5.78 Å². The second kappa shape index (κ2) is 6.26. The van der Waals surface area contributed by atoms with E-state index in [0.717, 1.165) is 5.56 Å². The molecule has 0 aromatic heterocycles. The summed E-state index contributed by atoms with van der Waals surface area (Å²) in [4.78, 5) is 11.8. The van der Waals surface area contributed by atoms with E-state index in [9.17, 15) is 9.18 Å². The summed E-state index contributed by atoms with van der Waals surface area (Å²) in [5.41, 5.74) is 6.58. The van der Waals surface area contributed by atoms with Crippen LogP contribution in [-0.4, -0.2) is 11.8 Å². The minimum absolute atomic E-state index is 0.00833. The molecule has 4 heteroatoms. The standard InChI is InChI=1S/C13H17BrFNO/c1-8(2)5-12(16)13(17)6-9-3-4-10(15)7-11(9)14/h3-4,7-8,12H,5-6,16H2,1-2H3. The second-order valence-corrected chi connectivity index (χ2v) is 5.47. The van der Waals surface area contributed by atoms with Gasteiger partial charge in [0.1, 0.15) is 5.82 Å². The lowest BCUT2D eigenvalue weighted by Crippen LogP contribution is -2.33. The Hall–Kier alpha value is -0.740. The molecule has 1 unspecified atom stereocenters. The summed E-state index contributed by atoms with van der Waals surface area (Å²) in [7, 11) is 0. The summed E-state index contributed by atoms with van der Waals surface area (Å²) in [5, 5.41) is 0. The van der Waals surface area contributed by atoms with Crippen LogP contribution in [0.2, 0.25) is 0 Å². The molecule has 0 radical (unpaired) electrons. The average Bonchev–Trinajstić information content (AvgIpc) is 2.21. The molecule has 0 aliphatic heterocycles. The van der Waals surface area contributed by atoms with Crippen LogP contribution in [0.1, 0.15) is 25.8 Å². The average molecular weight is 302 g/mol. The van der Waals surface area contributed by atoms with Crippen LogP contribution in [0.15, 0.2) is 22.7 Å². The van der Waals surface area contributed by atoms with Crippen molar-refractivity contribution in [1.82, 2.24) is 0 Å². The lowest BCUT2D eigenvalue weighted by molar-refractivity contribution is -0.120. The van der Waals surface area contributed by atoms with E-state index in [-0.39, 0.29) is 18.0 Å². The molecule has 94 valence electrons. The van der Waals surface area contributed by atoms with Gasteiger partial charge in [0.2, 0.25) is 0 Å². The maximum absolute atomic E-state index is 12.9. The van der Waals surface area contributed by atoms with E-state index in [1.165, 1.54) is 12.1 Å². The van der Waals surface area contributed by atoms with Crippen molar-refractivity contribution in [2.45, 2.75) is 32.7 Å². The van der Waals surface area contributed by atoms with E-state index >= 15 is 0 Å². The quantitative estimate of drug-likeness (QED) is 0.908. The van der Waals surface area contributed by atoms with Gasteiger partial charge in [-0.25, -0.2) is 4.39 Å². The second-order valence-electron chi connectivity index (χ2n) is 4.61. The Bertz CT molecular complexity index is 406. The molecular weight excluding hydrogens is 285 g/mol. The topological polar surface area (TPSA) is 43.1 Å². The van der Waals surface area contributed by atoms with E-state index in [2.05, 4.69) is 15.9 Å². The Balaban J connectivity index is 2.67. The van der Waals surface area contributed by atoms with Gasteiger partial charge in [-0.15, -0.1) is 0 Å². The van der Waals surface area contributed by atoms with Crippen LogP contribution in [0.5, 0.6) is 0 Å². The molecule has 0 saturated carbocycles. The third-order valence-electron chi connectivity index (χ3n) is 2.52. The Morgan fingerprint density at radius 3 is 2.65 bits per heavy atom. The molecule has 2 nitrogen and oxygen atoms in total. The number of Topliss-reactive ketones (excluding diaryl/α,β-unsaturated/α-hetero) is 1. The van der Waals surface area contributed by atoms with Crippen molar-refractivity contribution in [2.75, 3.05) is 0 Å². The maximum Gasteiger partial charge on any atom is 0.153 e. The normalized spacial score (nSPS) is 12.8. The first-order chi connectivity index (χ1) is 7.90. The van der Waals surface area contributed by atoms with Gasteiger partial charge in [-0.2, -0.15) is 0 Å². The molecule has 0 fully saturated rings. The van der Waals surface area contributed by atoms with E-state index in [4.69, 9.17) is 5.73 Å². The highest BCUT2D eigenvalue weighted by Crippen LogP contribution is 2.19. The van der Waals surface area contributed by atoms with Crippen molar-refractivity contribution in [3.63, 3.8) is 0 Å². The van der Waals surface area contributed by atoms with Gasteiger partial charge in [-0.1, -0.05) is 35.8 Å². The monoisotopic (exact) mass is 301 g/mol. The highest BCUT2D eigenvalue weighted by molar-refractivity contribution is 9.10. The number of hydrogen-bond acceptors (Lipinski definition) is 2. The fourth-order valence-corrected chi connectivity index (χ4v) is 2.11. The molecule has 17 heavy (non-hydrogen) atoms. The van der Waals surface area contributed by atoms with Crippen molar-refractivity contribution >= 4 is 21.7 Å². The van der Waals surface area contributed by atoms with E-state index in [1.54, 1.807) is 6.07 Å². The van der Waals surface area contributed by atoms with Gasteiger partial charge in [-0.3, -0.25) is 4.79 Å².